The van der Waals surface area contributed by atoms with Crippen molar-refractivity contribution >= 4 is 11.9 Å². The van der Waals surface area contributed by atoms with Gasteiger partial charge in [0.15, 0.2) is 0 Å². The average molecular weight is 281 g/mol. The number of amides is 1. The largest absolute Gasteiger partial charge is 0.481 e. The summed E-state index contributed by atoms with van der Waals surface area (Å²) in [7, 11) is 0. The van der Waals surface area contributed by atoms with Crippen LogP contribution in [0.1, 0.15) is 64.7 Å². The highest BCUT2D eigenvalue weighted by Crippen LogP contribution is 2.17. The lowest BCUT2D eigenvalue weighted by Gasteiger charge is -2.15. The summed E-state index contributed by atoms with van der Waals surface area (Å²) in [6.45, 7) is 2.73. The lowest BCUT2D eigenvalue weighted by Crippen LogP contribution is -2.25. The maximum atomic E-state index is 11.6. The Kier molecular flexibility index (Phi) is 11.6. The Morgan fingerprint density at radius 2 is 1.95 bits per heavy atom. The van der Waals surface area contributed by atoms with Gasteiger partial charge < -0.3 is 10.4 Å². The maximum Gasteiger partial charge on any atom is 0.303 e. The molecule has 1 amide bonds. The van der Waals surface area contributed by atoms with Crippen molar-refractivity contribution in [3.05, 3.63) is 0 Å². The molecule has 0 bridgehead atoms. The molecule has 0 saturated heterocycles. The van der Waals surface area contributed by atoms with Gasteiger partial charge in [0.05, 0.1) is 0 Å². The summed E-state index contributed by atoms with van der Waals surface area (Å²) >= 11 is 0. The van der Waals surface area contributed by atoms with Crippen LogP contribution in [0.3, 0.4) is 0 Å². The van der Waals surface area contributed by atoms with Gasteiger partial charge in [0, 0.05) is 25.8 Å². The highest BCUT2D eigenvalue weighted by molar-refractivity contribution is 5.75. The normalized spacial score (nSPS) is 11.6. The highest BCUT2D eigenvalue weighted by atomic mass is 16.4. The summed E-state index contributed by atoms with van der Waals surface area (Å²) in [5, 5.41) is 11.6. The highest BCUT2D eigenvalue weighted by Gasteiger charge is 2.10. The number of hydrogen-bond donors (Lipinski definition) is 2. The zero-order valence-corrected chi connectivity index (χ0v) is 12.5. The zero-order chi connectivity index (χ0) is 15.2. The third kappa shape index (κ3) is 11.6. The number of rotatable bonds is 12. The van der Waals surface area contributed by atoms with Crippen LogP contribution in [-0.2, 0) is 9.59 Å². The van der Waals surface area contributed by atoms with E-state index in [4.69, 9.17) is 11.5 Å². The van der Waals surface area contributed by atoms with Crippen LogP contribution in [0.2, 0.25) is 0 Å². The number of aliphatic carboxylic acids is 1. The average Bonchev–Trinajstić information content (AvgIpc) is 2.41. The van der Waals surface area contributed by atoms with E-state index in [2.05, 4.69) is 18.2 Å². The number of hydrogen-bond acceptors (Lipinski definition) is 2. The molecule has 0 aromatic rings. The summed E-state index contributed by atoms with van der Waals surface area (Å²) in [5.41, 5.74) is 0. The molecule has 4 heteroatoms. The van der Waals surface area contributed by atoms with Gasteiger partial charge in [-0.3, -0.25) is 9.59 Å². The Morgan fingerprint density at radius 1 is 1.20 bits per heavy atom. The molecule has 1 atom stereocenters. The molecule has 0 aliphatic rings. The van der Waals surface area contributed by atoms with Crippen molar-refractivity contribution in [1.29, 1.82) is 0 Å². The number of carbonyl (C=O) groups is 2. The van der Waals surface area contributed by atoms with E-state index in [1.165, 1.54) is 0 Å². The lowest BCUT2D eigenvalue weighted by atomic mass is 9.94. The number of carboxylic acid groups (broad SMARTS) is 1. The molecule has 0 aliphatic carbocycles. The number of terminal acetylenes is 1. The van der Waals surface area contributed by atoms with Crippen LogP contribution in [0.25, 0.3) is 0 Å². The van der Waals surface area contributed by atoms with Crippen LogP contribution in [-0.4, -0.2) is 23.5 Å². The molecule has 1 unspecified atom stereocenters. The minimum Gasteiger partial charge on any atom is -0.481 e. The fourth-order valence-corrected chi connectivity index (χ4v) is 2.19. The first-order valence-electron chi connectivity index (χ1n) is 7.52. The van der Waals surface area contributed by atoms with E-state index in [-0.39, 0.29) is 12.3 Å². The van der Waals surface area contributed by atoms with Crippen molar-refractivity contribution in [3.63, 3.8) is 0 Å². The summed E-state index contributed by atoms with van der Waals surface area (Å²) in [6.07, 6.45) is 11.9. The van der Waals surface area contributed by atoms with Crippen molar-refractivity contribution in [1.82, 2.24) is 5.32 Å². The SMILES string of the molecule is C#CCCCCC(=O)NCCC(CCC)CCC(=O)O. The molecular weight excluding hydrogens is 254 g/mol. The first-order chi connectivity index (χ1) is 9.60. The Labute approximate surface area is 122 Å². The van der Waals surface area contributed by atoms with E-state index >= 15 is 0 Å². The number of carboxylic acids is 1. The second-order valence-electron chi connectivity index (χ2n) is 5.14. The lowest BCUT2D eigenvalue weighted by molar-refractivity contribution is -0.137. The molecule has 0 heterocycles. The predicted molar refractivity (Wildman–Crippen MR) is 80.2 cm³/mol. The van der Waals surface area contributed by atoms with E-state index in [0.717, 1.165) is 38.5 Å². The quantitative estimate of drug-likeness (QED) is 0.427. The van der Waals surface area contributed by atoms with Crippen molar-refractivity contribution in [3.8, 4) is 12.3 Å². The standard InChI is InChI=1S/C16H27NO3/c1-3-5-6-7-9-15(18)17-13-12-14(8-4-2)10-11-16(19)20/h1,14H,4-13H2,2H3,(H,17,18)(H,19,20). The van der Waals surface area contributed by atoms with E-state index in [1.807, 2.05) is 0 Å². The Hall–Kier alpha value is -1.50. The molecule has 0 aromatic carbocycles. The topological polar surface area (TPSA) is 66.4 Å². The van der Waals surface area contributed by atoms with Crippen LogP contribution in [0.15, 0.2) is 0 Å². The molecule has 0 saturated carbocycles. The molecule has 0 radical (unpaired) electrons. The monoisotopic (exact) mass is 281 g/mol. The first kappa shape index (κ1) is 18.5. The molecule has 0 aromatic heterocycles. The zero-order valence-electron chi connectivity index (χ0n) is 12.5. The van der Waals surface area contributed by atoms with E-state index in [9.17, 15) is 9.59 Å². The molecule has 0 aliphatic heterocycles. The second kappa shape index (κ2) is 12.5. The van der Waals surface area contributed by atoms with Crippen LogP contribution >= 0.6 is 0 Å². The van der Waals surface area contributed by atoms with Gasteiger partial charge in [-0.25, -0.2) is 0 Å². The van der Waals surface area contributed by atoms with Crippen LogP contribution in [0.4, 0.5) is 0 Å². The number of nitrogens with one attached hydrogen (secondary N) is 1. The minimum absolute atomic E-state index is 0.0653. The number of unbranched alkanes of at least 4 members (excludes halogenated alkanes) is 2. The van der Waals surface area contributed by atoms with Gasteiger partial charge in [-0.05, 0) is 31.6 Å². The Balaban J connectivity index is 3.72. The van der Waals surface area contributed by atoms with Crippen LogP contribution in [0, 0.1) is 18.3 Å². The summed E-state index contributed by atoms with van der Waals surface area (Å²) < 4.78 is 0. The van der Waals surface area contributed by atoms with Gasteiger partial charge in [0.1, 0.15) is 0 Å². The smallest absolute Gasteiger partial charge is 0.303 e. The fraction of sp³-hybridized carbons (Fsp3) is 0.750. The molecule has 0 rings (SSSR count). The van der Waals surface area contributed by atoms with Crippen LogP contribution < -0.4 is 5.32 Å². The van der Waals surface area contributed by atoms with E-state index < -0.39 is 5.97 Å². The van der Waals surface area contributed by atoms with Gasteiger partial charge >= 0.3 is 5.97 Å². The van der Waals surface area contributed by atoms with Gasteiger partial charge in [0.2, 0.25) is 5.91 Å². The summed E-state index contributed by atoms with van der Waals surface area (Å²) in [5.74, 6) is 2.26. The molecule has 0 spiro atoms. The molecule has 114 valence electrons. The van der Waals surface area contributed by atoms with Crippen molar-refractivity contribution in [2.45, 2.75) is 64.7 Å². The number of carbonyl (C=O) groups excluding carboxylic acids is 1. The van der Waals surface area contributed by atoms with Gasteiger partial charge in [-0.15, -0.1) is 12.3 Å². The first-order valence-corrected chi connectivity index (χ1v) is 7.52. The summed E-state index contributed by atoms with van der Waals surface area (Å²) in [4.78, 5) is 22.1. The fourth-order valence-electron chi connectivity index (χ4n) is 2.19. The van der Waals surface area contributed by atoms with Gasteiger partial charge in [0.25, 0.3) is 0 Å². The Bertz CT molecular complexity index is 320. The third-order valence-corrected chi connectivity index (χ3v) is 3.31. The van der Waals surface area contributed by atoms with Crippen molar-refractivity contribution in [2.75, 3.05) is 6.54 Å². The molecule has 2 N–H and O–H groups in total. The van der Waals surface area contributed by atoms with E-state index in [0.29, 0.717) is 25.3 Å². The van der Waals surface area contributed by atoms with Gasteiger partial charge in [-0.1, -0.05) is 19.8 Å². The van der Waals surface area contributed by atoms with Crippen molar-refractivity contribution in [2.24, 2.45) is 5.92 Å². The molecule has 20 heavy (non-hydrogen) atoms. The Morgan fingerprint density at radius 3 is 2.55 bits per heavy atom. The predicted octanol–water partition coefficient (Wildman–Crippen LogP) is 2.97. The second-order valence-corrected chi connectivity index (χ2v) is 5.14. The maximum absolute atomic E-state index is 11.6. The van der Waals surface area contributed by atoms with Gasteiger partial charge in [-0.2, -0.15) is 0 Å². The van der Waals surface area contributed by atoms with Crippen LogP contribution in [0.5, 0.6) is 0 Å². The molecule has 4 nitrogen and oxygen atoms in total. The van der Waals surface area contributed by atoms with E-state index in [1.54, 1.807) is 0 Å². The molecular formula is C16H27NO3. The van der Waals surface area contributed by atoms with Crippen molar-refractivity contribution < 1.29 is 14.7 Å². The minimum atomic E-state index is -0.747. The third-order valence-electron chi connectivity index (χ3n) is 3.31. The summed E-state index contributed by atoms with van der Waals surface area (Å²) in [6, 6.07) is 0. The molecule has 0 fully saturated rings.